The van der Waals surface area contributed by atoms with E-state index in [0.717, 1.165) is 6.07 Å². The molecule has 0 unspecified atom stereocenters. The summed E-state index contributed by atoms with van der Waals surface area (Å²) in [6.45, 7) is -0.163. The largest absolute Gasteiger partial charge is 0.396 e. The minimum absolute atomic E-state index is 0.0624. The van der Waals surface area contributed by atoms with Crippen molar-refractivity contribution in [3.8, 4) is 0 Å². The maximum absolute atomic E-state index is 12.9. The fourth-order valence-electron chi connectivity index (χ4n) is 1.46. The summed E-state index contributed by atoms with van der Waals surface area (Å²) in [6.07, 6.45) is -2.36. The van der Waals surface area contributed by atoms with Gasteiger partial charge >= 0.3 is 0 Å². The third-order valence-corrected chi connectivity index (χ3v) is 2.45. The first-order chi connectivity index (χ1) is 8.88. The van der Waals surface area contributed by atoms with E-state index in [9.17, 15) is 18.0 Å². The predicted octanol–water partition coefficient (Wildman–Crippen LogP) is 1.93. The van der Waals surface area contributed by atoms with Crippen LogP contribution in [0.1, 0.15) is 6.42 Å². The SMILES string of the molecule is CN(CCC(=O)Nc1ccc(F)c(N)c1)CC(F)F. The van der Waals surface area contributed by atoms with E-state index in [1.54, 1.807) is 0 Å². The molecule has 0 atom stereocenters. The smallest absolute Gasteiger partial charge is 0.251 e. The summed E-state index contributed by atoms with van der Waals surface area (Å²) in [6, 6.07) is 3.83. The van der Waals surface area contributed by atoms with Crippen LogP contribution in [0, 0.1) is 5.82 Å². The first-order valence-corrected chi connectivity index (χ1v) is 5.70. The zero-order valence-electron chi connectivity index (χ0n) is 10.5. The van der Waals surface area contributed by atoms with Crippen LogP contribution < -0.4 is 11.1 Å². The van der Waals surface area contributed by atoms with Crippen LogP contribution in [-0.2, 0) is 4.79 Å². The average molecular weight is 275 g/mol. The van der Waals surface area contributed by atoms with Gasteiger partial charge in [0.25, 0.3) is 6.43 Å². The molecule has 0 spiro atoms. The number of nitrogen functional groups attached to an aromatic ring is 1. The van der Waals surface area contributed by atoms with Crippen LogP contribution in [0.15, 0.2) is 18.2 Å². The minimum Gasteiger partial charge on any atom is -0.396 e. The van der Waals surface area contributed by atoms with E-state index < -0.39 is 12.2 Å². The van der Waals surface area contributed by atoms with E-state index >= 15 is 0 Å². The molecule has 0 aromatic heterocycles. The Bertz CT molecular complexity index is 440. The normalized spacial score (nSPS) is 11.1. The second-order valence-electron chi connectivity index (χ2n) is 4.19. The third-order valence-electron chi connectivity index (χ3n) is 2.45. The Labute approximate surface area is 109 Å². The van der Waals surface area contributed by atoms with E-state index in [2.05, 4.69) is 5.32 Å². The number of nitrogens with zero attached hydrogens (tertiary/aromatic N) is 1. The Morgan fingerprint density at radius 3 is 2.74 bits per heavy atom. The highest BCUT2D eigenvalue weighted by Crippen LogP contribution is 2.16. The van der Waals surface area contributed by atoms with Crippen molar-refractivity contribution in [2.45, 2.75) is 12.8 Å². The lowest BCUT2D eigenvalue weighted by Gasteiger charge is -2.15. The highest BCUT2D eigenvalue weighted by Gasteiger charge is 2.10. The van der Waals surface area contributed by atoms with Gasteiger partial charge < -0.3 is 16.0 Å². The lowest BCUT2D eigenvalue weighted by atomic mass is 10.2. The summed E-state index contributed by atoms with van der Waals surface area (Å²) in [5.41, 5.74) is 5.67. The number of halogens is 3. The molecule has 0 radical (unpaired) electrons. The van der Waals surface area contributed by atoms with Gasteiger partial charge in [0.15, 0.2) is 0 Å². The fourth-order valence-corrected chi connectivity index (χ4v) is 1.46. The molecule has 0 fully saturated rings. The van der Waals surface area contributed by atoms with Gasteiger partial charge in [-0.2, -0.15) is 0 Å². The number of nitrogens with one attached hydrogen (secondary N) is 1. The van der Waals surface area contributed by atoms with E-state index in [4.69, 9.17) is 5.73 Å². The molecule has 0 bridgehead atoms. The van der Waals surface area contributed by atoms with E-state index in [-0.39, 0.29) is 31.1 Å². The highest BCUT2D eigenvalue weighted by atomic mass is 19.3. The van der Waals surface area contributed by atoms with Crippen molar-refractivity contribution in [3.63, 3.8) is 0 Å². The van der Waals surface area contributed by atoms with Crippen LogP contribution in [0.2, 0.25) is 0 Å². The predicted molar refractivity (Wildman–Crippen MR) is 67.6 cm³/mol. The van der Waals surface area contributed by atoms with Gasteiger partial charge in [-0.1, -0.05) is 0 Å². The lowest BCUT2D eigenvalue weighted by Crippen LogP contribution is -2.28. The number of amides is 1. The van der Waals surface area contributed by atoms with Crippen molar-refractivity contribution in [2.24, 2.45) is 0 Å². The molecule has 1 aromatic carbocycles. The van der Waals surface area contributed by atoms with Crippen LogP contribution >= 0.6 is 0 Å². The molecule has 7 heteroatoms. The topological polar surface area (TPSA) is 58.4 Å². The van der Waals surface area contributed by atoms with Crippen molar-refractivity contribution in [1.82, 2.24) is 4.90 Å². The molecule has 0 saturated carbocycles. The Morgan fingerprint density at radius 1 is 1.47 bits per heavy atom. The summed E-state index contributed by atoms with van der Waals surface area (Å²) < 4.78 is 37.0. The van der Waals surface area contributed by atoms with Gasteiger partial charge in [0.2, 0.25) is 5.91 Å². The molecular weight excluding hydrogens is 259 g/mol. The summed E-state index contributed by atoms with van der Waals surface area (Å²) in [5, 5.41) is 2.52. The maximum atomic E-state index is 12.9. The fraction of sp³-hybridized carbons (Fsp3) is 0.417. The molecule has 4 nitrogen and oxygen atoms in total. The highest BCUT2D eigenvalue weighted by molar-refractivity contribution is 5.91. The summed E-state index contributed by atoms with van der Waals surface area (Å²) >= 11 is 0. The van der Waals surface area contributed by atoms with Crippen LogP contribution in [0.3, 0.4) is 0 Å². The van der Waals surface area contributed by atoms with Crippen LogP contribution in [0.5, 0.6) is 0 Å². The van der Waals surface area contributed by atoms with E-state index in [1.807, 2.05) is 0 Å². The first kappa shape index (κ1) is 15.3. The Morgan fingerprint density at radius 2 is 2.16 bits per heavy atom. The molecule has 3 N–H and O–H groups in total. The molecule has 1 amide bonds. The molecule has 106 valence electrons. The molecule has 0 aliphatic rings. The summed E-state index contributed by atoms with van der Waals surface area (Å²) in [4.78, 5) is 12.9. The van der Waals surface area contributed by atoms with Crippen molar-refractivity contribution in [1.29, 1.82) is 0 Å². The molecule has 19 heavy (non-hydrogen) atoms. The van der Waals surface area contributed by atoms with E-state index in [1.165, 1.54) is 24.1 Å². The van der Waals surface area contributed by atoms with Crippen molar-refractivity contribution < 1.29 is 18.0 Å². The monoisotopic (exact) mass is 275 g/mol. The van der Waals surface area contributed by atoms with Crippen LogP contribution in [0.25, 0.3) is 0 Å². The second kappa shape index (κ2) is 6.98. The van der Waals surface area contributed by atoms with Gasteiger partial charge in [0, 0.05) is 18.7 Å². The summed E-state index contributed by atoms with van der Waals surface area (Å²) in [7, 11) is 1.51. The number of benzene rings is 1. The number of nitrogens with two attached hydrogens (primary N) is 1. The molecule has 0 heterocycles. The number of hydrogen-bond donors (Lipinski definition) is 2. The quantitative estimate of drug-likeness (QED) is 0.780. The molecule has 1 rings (SSSR count). The van der Waals surface area contributed by atoms with Gasteiger partial charge in [-0.25, -0.2) is 13.2 Å². The van der Waals surface area contributed by atoms with Crippen LogP contribution in [-0.4, -0.2) is 37.4 Å². The Hall–Kier alpha value is -1.76. The number of carbonyl (C=O) groups excluding carboxylic acids is 1. The van der Waals surface area contributed by atoms with Crippen molar-refractivity contribution >= 4 is 17.3 Å². The number of anilines is 2. The van der Waals surface area contributed by atoms with Gasteiger partial charge in [-0.15, -0.1) is 0 Å². The zero-order chi connectivity index (χ0) is 14.4. The first-order valence-electron chi connectivity index (χ1n) is 5.70. The van der Waals surface area contributed by atoms with Gasteiger partial charge in [-0.05, 0) is 25.2 Å². The molecule has 0 aliphatic heterocycles. The summed E-state index contributed by atoms with van der Waals surface area (Å²) in [5.74, 6) is -0.901. The van der Waals surface area contributed by atoms with E-state index in [0.29, 0.717) is 5.69 Å². The van der Waals surface area contributed by atoms with Gasteiger partial charge in [0.05, 0.1) is 12.2 Å². The number of carbonyl (C=O) groups is 1. The third kappa shape index (κ3) is 5.60. The minimum atomic E-state index is -2.43. The van der Waals surface area contributed by atoms with Crippen molar-refractivity contribution in [3.05, 3.63) is 24.0 Å². The van der Waals surface area contributed by atoms with Crippen molar-refractivity contribution in [2.75, 3.05) is 31.2 Å². The zero-order valence-corrected chi connectivity index (χ0v) is 10.5. The van der Waals surface area contributed by atoms with Gasteiger partial charge in [-0.3, -0.25) is 4.79 Å². The Kier molecular flexibility index (Phi) is 5.62. The van der Waals surface area contributed by atoms with Crippen LogP contribution in [0.4, 0.5) is 24.5 Å². The lowest BCUT2D eigenvalue weighted by molar-refractivity contribution is -0.116. The molecular formula is C12H16F3N3O. The molecule has 0 aliphatic carbocycles. The average Bonchev–Trinajstić information content (AvgIpc) is 2.30. The number of rotatable bonds is 6. The van der Waals surface area contributed by atoms with Gasteiger partial charge in [0.1, 0.15) is 5.82 Å². The second-order valence-corrected chi connectivity index (χ2v) is 4.19. The molecule has 0 saturated heterocycles. The maximum Gasteiger partial charge on any atom is 0.251 e. The molecule has 1 aromatic rings. The standard InChI is InChI=1S/C12H16F3N3O/c1-18(7-11(14)15)5-4-12(19)17-8-2-3-9(13)10(16)6-8/h2-3,6,11H,4-5,7,16H2,1H3,(H,17,19). The number of alkyl halides is 2. The number of hydrogen-bond acceptors (Lipinski definition) is 3. The Balaban J connectivity index is 2.40.